The lowest BCUT2D eigenvalue weighted by molar-refractivity contribution is -0.340. The lowest BCUT2D eigenvalue weighted by Crippen LogP contribution is -2.69. The van der Waals surface area contributed by atoms with E-state index in [9.17, 15) is 35.9 Å². The monoisotopic (exact) mass is 379 g/mol. The van der Waals surface area contributed by atoms with E-state index >= 15 is 0 Å². The van der Waals surface area contributed by atoms with Crippen molar-refractivity contribution in [3.63, 3.8) is 0 Å². The summed E-state index contributed by atoms with van der Waals surface area (Å²) >= 11 is 0. The van der Waals surface area contributed by atoms with Gasteiger partial charge in [-0.05, 0) is 0 Å². The van der Waals surface area contributed by atoms with E-state index in [0.717, 1.165) is 7.11 Å². The fraction of sp³-hybridized carbons (Fsp3) is 0.750. The van der Waals surface area contributed by atoms with Gasteiger partial charge in [-0.2, -0.15) is 36.4 Å². The number of rotatable bonds is 0. The van der Waals surface area contributed by atoms with Crippen LogP contribution >= 0.6 is 0 Å². The summed E-state index contributed by atoms with van der Waals surface area (Å²) in [5, 5.41) is -1.15. The molecule has 0 aromatic rings. The van der Waals surface area contributed by atoms with Crippen molar-refractivity contribution < 1.29 is 45.4 Å². The summed E-state index contributed by atoms with van der Waals surface area (Å²) in [7, 11) is 1.28. The highest BCUT2D eigenvalue weighted by Gasteiger charge is 2.81. The second kappa shape index (κ2) is 5.95. The second-order valence-corrected chi connectivity index (χ2v) is 5.92. The van der Waals surface area contributed by atoms with Crippen molar-refractivity contribution in [3.8, 4) is 0 Å². The zero-order chi connectivity index (χ0) is 20.0. The van der Waals surface area contributed by atoms with Gasteiger partial charge in [-0.25, -0.2) is 14.6 Å². The molecule has 0 unspecified atom stereocenters. The molecule has 0 fully saturated rings. The molecule has 0 aromatic heterocycles. The maximum absolute atomic E-state index is 13.5. The molecule has 0 aromatic carbocycles. The molecule has 0 aliphatic carbocycles. The van der Waals surface area contributed by atoms with Crippen LogP contribution in [0.2, 0.25) is 0 Å². The Hall–Kier alpha value is -2.21. The third-order valence-electron chi connectivity index (χ3n) is 3.13. The number of nitrogens with zero attached hydrogens (tertiary/aromatic N) is 3. The molecule has 0 spiro atoms. The van der Waals surface area contributed by atoms with Gasteiger partial charge >= 0.3 is 30.2 Å². The van der Waals surface area contributed by atoms with Crippen LogP contribution in [0.5, 0.6) is 0 Å². The van der Waals surface area contributed by atoms with Crippen LogP contribution in [0.25, 0.3) is 0 Å². The van der Waals surface area contributed by atoms with Crippen LogP contribution in [0.4, 0.5) is 35.9 Å². The molecule has 1 aliphatic rings. The first-order chi connectivity index (χ1) is 11.1. The quantitative estimate of drug-likeness (QED) is 0.606. The number of amides is 2. The number of methoxy groups -OCH3 is 2. The van der Waals surface area contributed by atoms with Crippen molar-refractivity contribution in [1.82, 2.24) is 10.0 Å². The maximum Gasteiger partial charge on any atom is 0.443 e. The third-order valence-corrected chi connectivity index (χ3v) is 3.13. The summed E-state index contributed by atoms with van der Waals surface area (Å²) in [6, 6.07) is 0. The van der Waals surface area contributed by atoms with Gasteiger partial charge in [0, 0.05) is 5.41 Å². The summed E-state index contributed by atoms with van der Waals surface area (Å²) in [6.07, 6.45) is -16.0. The number of amidine groups is 1. The highest BCUT2D eigenvalue weighted by Crippen LogP contribution is 2.53. The fourth-order valence-corrected chi connectivity index (χ4v) is 2.06. The minimum Gasteiger partial charge on any atom is -0.451 e. The SMILES string of the molecule is COC(=O)N1C(C(C)(C)C)=NC(C(F)(F)F)(C(F)(F)F)N1C(=O)OC. The Morgan fingerprint density at radius 2 is 1.32 bits per heavy atom. The van der Waals surface area contributed by atoms with E-state index in [-0.39, 0.29) is 5.01 Å². The number of carbonyl (C=O) groups excluding carboxylic acids is 2. The molecule has 0 bridgehead atoms. The van der Waals surface area contributed by atoms with E-state index in [4.69, 9.17) is 0 Å². The van der Waals surface area contributed by atoms with Gasteiger partial charge in [-0.1, -0.05) is 20.8 Å². The number of hydrogen-bond acceptors (Lipinski definition) is 5. The van der Waals surface area contributed by atoms with Crippen LogP contribution in [0, 0.1) is 5.41 Å². The Kier molecular flexibility index (Phi) is 4.96. The Morgan fingerprint density at radius 1 is 0.920 bits per heavy atom. The minimum atomic E-state index is -6.11. The zero-order valence-electron chi connectivity index (χ0n) is 13.7. The summed E-state index contributed by atoms with van der Waals surface area (Å²) in [5.74, 6) is -0.973. The van der Waals surface area contributed by atoms with E-state index in [0.29, 0.717) is 7.11 Å². The first-order valence-corrected chi connectivity index (χ1v) is 6.56. The van der Waals surface area contributed by atoms with Crippen LogP contribution in [0.3, 0.4) is 0 Å². The van der Waals surface area contributed by atoms with Crippen molar-refractivity contribution in [1.29, 1.82) is 0 Å². The average molecular weight is 379 g/mol. The number of hydrogen-bond donors (Lipinski definition) is 0. The molecule has 2 amide bonds. The normalized spacial score (nSPS) is 18.1. The molecular formula is C12H15F6N3O4. The van der Waals surface area contributed by atoms with Crippen LogP contribution in [-0.2, 0) is 9.47 Å². The molecule has 1 rings (SSSR count). The molecule has 1 aliphatic heterocycles. The number of aliphatic imine (C=N–C) groups is 1. The smallest absolute Gasteiger partial charge is 0.443 e. The van der Waals surface area contributed by atoms with E-state index in [2.05, 4.69) is 14.5 Å². The van der Waals surface area contributed by atoms with E-state index < -0.39 is 46.5 Å². The largest absolute Gasteiger partial charge is 0.451 e. The molecule has 1 heterocycles. The van der Waals surface area contributed by atoms with Gasteiger partial charge in [-0.15, -0.1) is 0 Å². The van der Waals surface area contributed by atoms with Crippen LogP contribution in [0.15, 0.2) is 4.99 Å². The molecule has 0 radical (unpaired) electrons. The Balaban J connectivity index is 3.93. The molecule has 25 heavy (non-hydrogen) atoms. The maximum atomic E-state index is 13.5. The highest BCUT2D eigenvalue weighted by atomic mass is 19.4. The molecule has 0 saturated heterocycles. The van der Waals surface area contributed by atoms with Crippen molar-refractivity contribution in [2.75, 3.05) is 14.2 Å². The number of halogens is 6. The summed E-state index contributed by atoms with van der Waals surface area (Å²) in [6.45, 7) is 3.63. The molecule has 7 nitrogen and oxygen atoms in total. The van der Waals surface area contributed by atoms with Crippen molar-refractivity contribution in [3.05, 3.63) is 0 Å². The van der Waals surface area contributed by atoms with E-state index in [1.165, 1.54) is 20.8 Å². The minimum absolute atomic E-state index is 0.215. The fourth-order valence-electron chi connectivity index (χ4n) is 2.06. The van der Waals surface area contributed by atoms with Gasteiger partial charge in [0.05, 0.1) is 14.2 Å². The molecule has 0 N–H and O–H groups in total. The summed E-state index contributed by atoms with van der Waals surface area (Å²) in [5.41, 5.74) is -6.53. The molecule has 0 atom stereocenters. The van der Waals surface area contributed by atoms with E-state index in [1.807, 2.05) is 0 Å². The topological polar surface area (TPSA) is 71.4 Å². The van der Waals surface area contributed by atoms with Crippen molar-refractivity contribution in [2.45, 2.75) is 38.8 Å². The lowest BCUT2D eigenvalue weighted by Gasteiger charge is -2.39. The molecule has 144 valence electrons. The lowest BCUT2D eigenvalue weighted by atomic mass is 9.94. The first-order valence-electron chi connectivity index (χ1n) is 6.56. The third kappa shape index (κ3) is 3.06. The summed E-state index contributed by atoms with van der Waals surface area (Å²) in [4.78, 5) is 26.4. The van der Waals surface area contributed by atoms with E-state index in [1.54, 1.807) is 0 Å². The average Bonchev–Trinajstić information content (AvgIpc) is 2.82. The van der Waals surface area contributed by atoms with Crippen molar-refractivity contribution in [2.24, 2.45) is 10.4 Å². The Morgan fingerprint density at radius 3 is 1.60 bits per heavy atom. The molecule has 0 saturated carbocycles. The van der Waals surface area contributed by atoms with Crippen LogP contribution in [-0.4, -0.2) is 60.3 Å². The van der Waals surface area contributed by atoms with Gasteiger partial charge in [0.15, 0.2) is 0 Å². The van der Waals surface area contributed by atoms with Crippen LogP contribution < -0.4 is 0 Å². The standard InChI is InChI=1S/C12H15F6N3O4/c1-9(2,3)6-19-10(11(13,14)15,12(16,17)18)21(8(23)25-5)20(6)7(22)24-4/h1-5H3. The highest BCUT2D eigenvalue weighted by molar-refractivity contribution is 6.01. The zero-order valence-corrected chi connectivity index (χ0v) is 13.7. The Labute approximate surface area is 138 Å². The van der Waals surface area contributed by atoms with Crippen molar-refractivity contribution >= 4 is 18.0 Å². The van der Waals surface area contributed by atoms with Gasteiger partial charge < -0.3 is 9.47 Å². The predicted octanol–water partition coefficient (Wildman–Crippen LogP) is 3.32. The van der Waals surface area contributed by atoms with Crippen LogP contribution in [0.1, 0.15) is 20.8 Å². The van der Waals surface area contributed by atoms with Gasteiger partial charge in [0.25, 0.3) is 0 Å². The predicted molar refractivity (Wildman–Crippen MR) is 70.2 cm³/mol. The van der Waals surface area contributed by atoms with Gasteiger partial charge in [0.2, 0.25) is 0 Å². The van der Waals surface area contributed by atoms with Gasteiger partial charge in [0.1, 0.15) is 5.84 Å². The Bertz CT molecular complexity index is 579. The number of hydrazine groups is 1. The first kappa shape index (κ1) is 20.8. The van der Waals surface area contributed by atoms with Gasteiger partial charge in [-0.3, -0.25) is 0 Å². The number of carbonyl (C=O) groups is 2. The number of alkyl halides is 6. The molecular weight excluding hydrogens is 364 g/mol. The number of ether oxygens (including phenoxy) is 2. The molecule has 13 heteroatoms. The second-order valence-electron chi connectivity index (χ2n) is 5.92. The summed E-state index contributed by atoms with van der Waals surface area (Å²) < 4.78 is 89.3.